The molecule has 198 valence electrons. The van der Waals surface area contributed by atoms with E-state index in [9.17, 15) is 19.8 Å². The van der Waals surface area contributed by atoms with Crippen LogP contribution in [0.4, 0.5) is 0 Å². The number of phenolic OH excluding ortho intramolecular Hbond substituents is 1. The van der Waals surface area contributed by atoms with Crippen molar-refractivity contribution in [3.05, 3.63) is 94.6 Å². The summed E-state index contributed by atoms with van der Waals surface area (Å²) in [6.07, 6.45) is 0. The number of ether oxygens (including phenoxy) is 3. The maximum Gasteiger partial charge on any atom is 0.295 e. The molecule has 2 N–H and O–H groups in total. The molecule has 1 aliphatic heterocycles. The van der Waals surface area contributed by atoms with E-state index >= 15 is 0 Å². The molecule has 0 aliphatic carbocycles. The topological polar surface area (TPSA) is 106 Å². The largest absolute Gasteiger partial charge is 0.507 e. The van der Waals surface area contributed by atoms with Crippen molar-refractivity contribution in [3.63, 3.8) is 0 Å². The zero-order chi connectivity index (χ0) is 27.2. The molecule has 0 radical (unpaired) electrons. The number of nitrogens with zero attached hydrogens (tertiary/aromatic N) is 1. The van der Waals surface area contributed by atoms with Gasteiger partial charge < -0.3 is 29.3 Å². The van der Waals surface area contributed by atoms with Gasteiger partial charge in [-0.15, -0.1) is 0 Å². The maximum absolute atomic E-state index is 13.2. The summed E-state index contributed by atoms with van der Waals surface area (Å²) in [4.78, 5) is 27.5. The molecule has 0 bridgehead atoms. The molecule has 8 nitrogen and oxygen atoms in total. The lowest BCUT2D eigenvalue weighted by Crippen LogP contribution is -2.32. The smallest absolute Gasteiger partial charge is 0.295 e. The van der Waals surface area contributed by atoms with Crippen LogP contribution in [0.5, 0.6) is 17.2 Å². The summed E-state index contributed by atoms with van der Waals surface area (Å²) < 4.78 is 16.5. The highest BCUT2D eigenvalue weighted by atomic mass is 16.5. The molecule has 3 aromatic carbocycles. The van der Waals surface area contributed by atoms with Crippen molar-refractivity contribution in [2.24, 2.45) is 0 Å². The highest BCUT2D eigenvalue weighted by Gasteiger charge is 2.46. The Bertz CT molecular complexity index is 1350. The van der Waals surface area contributed by atoms with Gasteiger partial charge in [0.15, 0.2) is 11.5 Å². The number of carbonyl (C=O) groups is 2. The molecule has 1 aliphatic rings. The number of phenols is 1. The van der Waals surface area contributed by atoms with Gasteiger partial charge in [-0.3, -0.25) is 9.59 Å². The standard InChI is InChI=1S/C30H31NO7/c1-4-37-25-17-22(10-13-24(25)32)27-26(29(34)30(35)31(27)14-15-36-3)28(33)21-8-11-23(12-9-21)38-18-20-7-5-6-19(2)16-20/h5-13,16-17,27,32-33H,4,14-15,18H2,1-3H3/t27-/m1/s1. The summed E-state index contributed by atoms with van der Waals surface area (Å²) in [6.45, 7) is 4.85. The van der Waals surface area contributed by atoms with E-state index in [-0.39, 0.29) is 36.0 Å². The molecule has 38 heavy (non-hydrogen) atoms. The third-order valence-corrected chi connectivity index (χ3v) is 6.29. The van der Waals surface area contributed by atoms with Gasteiger partial charge in [0.2, 0.25) is 0 Å². The van der Waals surface area contributed by atoms with Crippen LogP contribution in [-0.4, -0.2) is 53.7 Å². The Kier molecular flexibility index (Phi) is 8.33. The van der Waals surface area contributed by atoms with E-state index in [1.807, 2.05) is 31.2 Å². The number of aliphatic hydroxyl groups is 1. The van der Waals surface area contributed by atoms with Crippen molar-refractivity contribution in [1.82, 2.24) is 4.90 Å². The Hall–Kier alpha value is -4.30. The third kappa shape index (κ3) is 5.65. The molecule has 8 heteroatoms. The number of methoxy groups -OCH3 is 1. The van der Waals surface area contributed by atoms with Gasteiger partial charge in [-0.05, 0) is 61.4 Å². The van der Waals surface area contributed by atoms with E-state index in [2.05, 4.69) is 0 Å². The predicted octanol–water partition coefficient (Wildman–Crippen LogP) is 4.75. The first kappa shape index (κ1) is 26.8. The normalized spacial score (nSPS) is 16.6. The van der Waals surface area contributed by atoms with Crippen LogP contribution in [0.15, 0.2) is 72.3 Å². The van der Waals surface area contributed by atoms with E-state index in [1.165, 1.54) is 18.1 Å². The van der Waals surface area contributed by atoms with E-state index in [0.29, 0.717) is 30.1 Å². The van der Waals surface area contributed by atoms with Crippen molar-refractivity contribution in [3.8, 4) is 17.2 Å². The third-order valence-electron chi connectivity index (χ3n) is 6.29. The van der Waals surface area contributed by atoms with Crippen molar-refractivity contribution in [2.45, 2.75) is 26.5 Å². The number of amides is 1. The van der Waals surface area contributed by atoms with Crippen molar-refractivity contribution in [1.29, 1.82) is 0 Å². The Balaban J connectivity index is 1.67. The minimum absolute atomic E-state index is 0.0485. The summed E-state index contributed by atoms with van der Waals surface area (Å²) in [5.41, 5.74) is 3.01. The van der Waals surface area contributed by atoms with Gasteiger partial charge in [0.25, 0.3) is 11.7 Å². The van der Waals surface area contributed by atoms with Gasteiger partial charge in [0.05, 0.1) is 24.8 Å². The van der Waals surface area contributed by atoms with Gasteiger partial charge >= 0.3 is 0 Å². The van der Waals surface area contributed by atoms with Gasteiger partial charge in [-0.1, -0.05) is 35.9 Å². The van der Waals surface area contributed by atoms with Crippen molar-refractivity contribution < 1.29 is 34.0 Å². The number of aliphatic hydroxyl groups excluding tert-OH is 1. The van der Waals surface area contributed by atoms with Gasteiger partial charge in [-0.2, -0.15) is 0 Å². The molecule has 3 aromatic rings. The van der Waals surface area contributed by atoms with Crippen LogP contribution in [0.2, 0.25) is 0 Å². The number of carbonyl (C=O) groups excluding carboxylic acids is 2. The molecule has 4 rings (SSSR count). The Labute approximate surface area is 221 Å². The molecule has 0 unspecified atom stereocenters. The number of benzene rings is 3. The average Bonchev–Trinajstić information content (AvgIpc) is 3.17. The molecular weight excluding hydrogens is 486 g/mol. The zero-order valence-electron chi connectivity index (χ0n) is 21.6. The fraction of sp³-hybridized carbons (Fsp3) is 0.267. The van der Waals surface area contributed by atoms with E-state index < -0.39 is 17.7 Å². The van der Waals surface area contributed by atoms with E-state index in [1.54, 1.807) is 43.3 Å². The molecular formula is C30H31NO7. The van der Waals surface area contributed by atoms with Gasteiger partial charge in [-0.25, -0.2) is 0 Å². The monoisotopic (exact) mass is 517 g/mol. The number of aromatic hydroxyl groups is 1. The summed E-state index contributed by atoms with van der Waals surface area (Å²) in [7, 11) is 1.50. The molecule has 1 fully saturated rings. The van der Waals surface area contributed by atoms with Crippen LogP contribution < -0.4 is 9.47 Å². The number of likely N-dealkylation sites (tertiary alicyclic amines) is 1. The predicted molar refractivity (Wildman–Crippen MR) is 142 cm³/mol. The Morgan fingerprint density at radius 3 is 2.45 bits per heavy atom. The summed E-state index contributed by atoms with van der Waals surface area (Å²) in [5.74, 6) is -1.08. The van der Waals surface area contributed by atoms with Crippen LogP contribution in [0.1, 0.15) is 35.2 Å². The number of Topliss-reactive ketones (excluding diaryl/α,β-unsaturated/α-hetero) is 1. The molecule has 0 spiro atoms. The zero-order valence-corrected chi connectivity index (χ0v) is 21.6. The first-order chi connectivity index (χ1) is 18.3. The lowest BCUT2D eigenvalue weighted by Gasteiger charge is -2.25. The SMILES string of the molecule is CCOc1cc([C@@H]2C(=C(O)c3ccc(OCc4cccc(C)c4)cc3)C(=O)C(=O)N2CCOC)ccc1O. The molecule has 0 aromatic heterocycles. The molecule has 1 saturated heterocycles. The van der Waals surface area contributed by atoms with Gasteiger partial charge in [0.1, 0.15) is 18.1 Å². The fourth-order valence-corrected chi connectivity index (χ4v) is 4.45. The second-order valence-electron chi connectivity index (χ2n) is 8.95. The Morgan fingerprint density at radius 2 is 1.76 bits per heavy atom. The number of aryl methyl sites for hydroxylation is 1. The second kappa shape index (κ2) is 11.8. The highest BCUT2D eigenvalue weighted by Crippen LogP contribution is 2.41. The molecule has 1 heterocycles. The molecule has 1 atom stereocenters. The number of rotatable bonds is 10. The van der Waals surface area contributed by atoms with Crippen molar-refractivity contribution >= 4 is 17.4 Å². The van der Waals surface area contributed by atoms with Crippen LogP contribution >= 0.6 is 0 Å². The maximum atomic E-state index is 13.2. The summed E-state index contributed by atoms with van der Waals surface area (Å²) in [6, 6.07) is 18.4. The summed E-state index contributed by atoms with van der Waals surface area (Å²) in [5, 5.41) is 21.4. The lowest BCUT2D eigenvalue weighted by atomic mass is 9.95. The second-order valence-corrected chi connectivity index (χ2v) is 8.95. The molecule has 1 amide bonds. The Morgan fingerprint density at radius 1 is 1.00 bits per heavy atom. The van der Waals surface area contributed by atoms with Gasteiger partial charge in [0, 0.05) is 19.2 Å². The van der Waals surface area contributed by atoms with E-state index in [0.717, 1.165) is 11.1 Å². The fourth-order valence-electron chi connectivity index (χ4n) is 4.45. The highest BCUT2D eigenvalue weighted by molar-refractivity contribution is 6.46. The minimum atomic E-state index is -0.887. The first-order valence-electron chi connectivity index (χ1n) is 12.4. The molecule has 0 saturated carbocycles. The lowest BCUT2D eigenvalue weighted by molar-refractivity contribution is -0.140. The quantitative estimate of drug-likeness (QED) is 0.227. The minimum Gasteiger partial charge on any atom is -0.507 e. The van der Waals surface area contributed by atoms with Crippen LogP contribution in [0.3, 0.4) is 0 Å². The number of ketones is 1. The van der Waals surface area contributed by atoms with Crippen LogP contribution in [0, 0.1) is 6.92 Å². The first-order valence-corrected chi connectivity index (χ1v) is 12.4. The summed E-state index contributed by atoms with van der Waals surface area (Å²) >= 11 is 0. The number of hydrogen-bond acceptors (Lipinski definition) is 7. The average molecular weight is 518 g/mol. The van der Waals surface area contributed by atoms with Crippen molar-refractivity contribution in [2.75, 3.05) is 26.9 Å². The van der Waals surface area contributed by atoms with Crippen LogP contribution in [0.25, 0.3) is 5.76 Å². The van der Waals surface area contributed by atoms with Crippen LogP contribution in [-0.2, 0) is 20.9 Å². The van der Waals surface area contributed by atoms with E-state index in [4.69, 9.17) is 14.2 Å². The number of hydrogen-bond donors (Lipinski definition) is 2.